The van der Waals surface area contributed by atoms with Crippen LogP contribution in [0.4, 0.5) is 0 Å². The minimum atomic E-state index is -3.61. The quantitative estimate of drug-likeness (QED) is 0.425. The molecule has 9 heteroatoms. The monoisotopic (exact) mass is 323 g/mol. The fraction of sp³-hybridized carbons (Fsp3) is 0.667. The summed E-state index contributed by atoms with van der Waals surface area (Å²) in [7, 11) is 0. The average molecular weight is 323 g/mol. The number of hydrogen-bond acceptors (Lipinski definition) is 6. The summed E-state index contributed by atoms with van der Waals surface area (Å²) in [4.78, 5) is 42.5. The lowest BCUT2D eigenvalue weighted by Gasteiger charge is -2.22. The maximum atomic E-state index is 11.9. The van der Waals surface area contributed by atoms with Gasteiger partial charge in [0.25, 0.3) is 17.7 Å². The summed E-state index contributed by atoms with van der Waals surface area (Å²) in [6.07, 6.45) is -6.44. The molecule has 2 atom stereocenters. The van der Waals surface area contributed by atoms with Gasteiger partial charge in [0.2, 0.25) is 6.29 Å². The number of likely N-dealkylation sites (N-methyl/N-ethyl adjacent to an activating group) is 3. The molecule has 0 bridgehead atoms. The predicted molar refractivity (Wildman–Crippen MR) is 74.2 cm³/mol. The van der Waals surface area contributed by atoms with E-state index >= 15 is 0 Å². The molecule has 0 spiro atoms. The Morgan fingerprint density at radius 1 is 0.857 bits per heavy atom. The number of carbonyl (C=O) groups is 4. The van der Waals surface area contributed by atoms with Crippen LogP contribution in [0, 0.1) is 0 Å². The third kappa shape index (κ3) is 8.00. The lowest BCUT2D eigenvalue weighted by atomic mass is 10.1. The fourth-order valence-electron chi connectivity index (χ4n) is 0.587. The second kappa shape index (κ2) is 9.83. The molecule has 3 amide bonds. The molecule has 0 fully saturated rings. The van der Waals surface area contributed by atoms with Gasteiger partial charge >= 0.3 is 0 Å². The van der Waals surface area contributed by atoms with Crippen molar-refractivity contribution in [2.24, 2.45) is 0 Å². The van der Waals surface area contributed by atoms with Crippen molar-refractivity contribution >= 4 is 24.0 Å². The Balaban J connectivity index is 0. The summed E-state index contributed by atoms with van der Waals surface area (Å²) >= 11 is 0. The fourth-order valence-corrected chi connectivity index (χ4v) is 0.587. The zero-order valence-corrected chi connectivity index (χ0v) is 10.1. The second-order valence-corrected chi connectivity index (χ2v) is 3.03. The Kier molecular flexibility index (Phi) is 2.35. The van der Waals surface area contributed by atoms with Crippen LogP contribution in [0.2, 0.25) is 0 Å². The van der Waals surface area contributed by atoms with Crippen molar-refractivity contribution in [3.05, 3.63) is 0 Å². The topological polar surface area (TPSA) is 118 Å². The predicted octanol–water partition coefficient (Wildman–Crippen LogP) is -2.84. The molecule has 0 saturated heterocycles. The number of amides is 3. The van der Waals surface area contributed by atoms with Gasteiger partial charge in [-0.3, -0.25) is 19.2 Å². The molecule has 0 heterocycles. The number of nitrogens with zero attached hydrogens (tertiary/aromatic N) is 3. The highest BCUT2D eigenvalue weighted by atomic mass is 16.3. The van der Waals surface area contributed by atoms with Crippen LogP contribution in [0.25, 0.3) is 0 Å². The average Bonchev–Trinajstić information content (AvgIpc) is 2.59. The van der Waals surface area contributed by atoms with E-state index in [1.807, 2.05) is 0 Å². The maximum absolute atomic E-state index is 11.9. The Morgan fingerprint density at radius 2 is 1.19 bits per heavy atom. The third-order valence-electron chi connectivity index (χ3n) is 1.57. The van der Waals surface area contributed by atoms with E-state index in [1.165, 1.54) is 0 Å². The zero-order chi connectivity index (χ0) is 32.3. The highest BCUT2D eigenvalue weighted by Gasteiger charge is 2.31. The van der Waals surface area contributed by atoms with Gasteiger partial charge in [0, 0.05) is 66.5 Å². The van der Waals surface area contributed by atoms with Crippen molar-refractivity contribution in [2.75, 3.05) is 41.9 Å². The van der Waals surface area contributed by atoms with Crippen LogP contribution in [0.5, 0.6) is 0 Å². The first kappa shape index (κ1) is 5.03. The van der Waals surface area contributed by atoms with Gasteiger partial charge in [-0.05, 0) is 0 Å². The van der Waals surface area contributed by atoms with E-state index < -0.39 is 86.5 Å². The van der Waals surface area contributed by atoms with E-state index in [4.69, 9.17) is 24.7 Å². The van der Waals surface area contributed by atoms with E-state index in [1.54, 1.807) is 0 Å². The lowest BCUT2D eigenvalue weighted by Crippen LogP contribution is -2.48. The van der Waals surface area contributed by atoms with Crippen LogP contribution in [0.15, 0.2) is 0 Å². The first-order chi connectivity index (χ1) is 16.7. The van der Waals surface area contributed by atoms with Crippen molar-refractivity contribution < 1.29 is 54.1 Å². The van der Waals surface area contributed by atoms with Crippen molar-refractivity contribution in [3.8, 4) is 0 Å². The van der Waals surface area contributed by atoms with E-state index in [0.717, 1.165) is 0 Å². The Bertz CT molecular complexity index is 795. The largest absolute Gasteiger partial charge is 0.380 e. The number of aliphatic hydroxyl groups is 2. The summed E-state index contributed by atoms with van der Waals surface area (Å²) in [5, 5.41) is 19.4. The van der Waals surface area contributed by atoms with Crippen LogP contribution in [-0.4, -0.2) is 103 Å². The van der Waals surface area contributed by atoms with Gasteiger partial charge < -0.3 is 24.9 Å². The zero-order valence-electron chi connectivity index (χ0n) is 28.1. The van der Waals surface area contributed by atoms with Crippen LogP contribution in [0.3, 0.4) is 0 Å². The first-order valence-electron chi connectivity index (χ1n) is 13.6. The summed E-state index contributed by atoms with van der Waals surface area (Å²) in [6.45, 7) is -20.7. The molecular formula is C12H23N3O6. The van der Waals surface area contributed by atoms with Gasteiger partial charge in [-0.25, -0.2) is 0 Å². The van der Waals surface area contributed by atoms with Crippen LogP contribution >= 0.6 is 0 Å². The van der Waals surface area contributed by atoms with Crippen LogP contribution < -0.4 is 0 Å². The standard InChI is InChI=1S/C8H16N2O4.C4H7NO2/c1-9(2)7(13)5(11)6(12)8(14)10(3)4;1-5(2)4(7)3-6/h5-6,11-12H,1-4H3;3H,1-2H3/i1D3,2D3,3D3,4D3;1D3,2D3. The van der Waals surface area contributed by atoms with Crippen molar-refractivity contribution in [1.82, 2.24) is 14.7 Å². The number of rotatable bonds is 4. The van der Waals surface area contributed by atoms with E-state index in [9.17, 15) is 29.4 Å². The number of hydrogen-bond donors (Lipinski definition) is 2. The molecule has 0 saturated carbocycles. The molecule has 0 radical (unpaired) electrons. The molecule has 0 aliphatic carbocycles. The number of carbonyl (C=O) groups excluding carboxylic acids is 4. The van der Waals surface area contributed by atoms with E-state index in [0.29, 0.717) is 0 Å². The summed E-state index contributed by atoms with van der Waals surface area (Å²) < 4.78 is 124. The van der Waals surface area contributed by atoms with E-state index in [2.05, 4.69) is 0 Å². The lowest BCUT2D eigenvalue weighted by molar-refractivity contribution is -0.155. The van der Waals surface area contributed by atoms with E-state index in [-0.39, 0.29) is 6.29 Å². The Hall–Kier alpha value is -2.00. The van der Waals surface area contributed by atoms with Gasteiger partial charge in [-0.15, -0.1) is 0 Å². The van der Waals surface area contributed by atoms with Gasteiger partial charge in [-0.2, -0.15) is 0 Å². The van der Waals surface area contributed by atoms with Gasteiger partial charge in [0.15, 0.2) is 12.2 Å². The maximum Gasteiger partial charge on any atom is 0.286 e. The Labute approximate surface area is 149 Å². The number of aldehydes is 1. The van der Waals surface area contributed by atoms with Gasteiger partial charge in [0.1, 0.15) is 0 Å². The summed E-state index contributed by atoms with van der Waals surface area (Å²) in [5.41, 5.74) is 0. The molecule has 9 nitrogen and oxygen atoms in total. The molecule has 0 aromatic heterocycles. The van der Waals surface area contributed by atoms with Gasteiger partial charge in [0.05, 0.1) is 0 Å². The minimum absolute atomic E-state index is 0.348. The first-order valence-corrected chi connectivity index (χ1v) is 4.58. The molecule has 21 heavy (non-hydrogen) atoms. The molecule has 0 aliphatic heterocycles. The summed E-state index contributed by atoms with van der Waals surface area (Å²) in [6, 6.07) is 0. The second-order valence-electron chi connectivity index (χ2n) is 3.03. The molecule has 2 N–H and O–H groups in total. The third-order valence-corrected chi connectivity index (χ3v) is 1.57. The molecule has 0 rings (SSSR count). The molecule has 0 aromatic rings. The molecule has 0 aliphatic rings. The van der Waals surface area contributed by atoms with Crippen LogP contribution in [-0.2, 0) is 19.2 Å². The highest BCUT2D eigenvalue weighted by molar-refractivity contribution is 6.23. The van der Waals surface area contributed by atoms with Crippen molar-refractivity contribution in [1.29, 1.82) is 0 Å². The SMILES string of the molecule is [2H]C([2H])([2H])N(C(=O)C(O)C(O)C(=O)N(C([2H])([2H])[2H])C([2H])([2H])[2H])C([2H])([2H])[2H].[2H]C([2H])([2H])N(C(=O)C=O)C([2H])([2H])[2H]. The highest BCUT2D eigenvalue weighted by Crippen LogP contribution is 2.00. The smallest absolute Gasteiger partial charge is 0.286 e. The van der Waals surface area contributed by atoms with Crippen LogP contribution in [0.1, 0.15) is 24.7 Å². The molecular weight excluding hydrogens is 282 g/mol. The summed E-state index contributed by atoms with van der Waals surface area (Å²) in [5.74, 6) is -5.89. The molecule has 2 unspecified atom stereocenters. The molecule has 0 aromatic carbocycles. The number of aliphatic hydroxyl groups excluding tert-OH is 2. The normalized spacial score (nSPS) is 28.5. The van der Waals surface area contributed by atoms with Gasteiger partial charge in [-0.1, -0.05) is 0 Å². The minimum Gasteiger partial charge on any atom is -0.380 e. The Morgan fingerprint density at radius 3 is 1.38 bits per heavy atom. The van der Waals surface area contributed by atoms with Crippen molar-refractivity contribution in [2.45, 2.75) is 12.2 Å². The van der Waals surface area contributed by atoms with Crippen molar-refractivity contribution in [3.63, 3.8) is 0 Å². The molecule has 122 valence electrons.